The summed E-state index contributed by atoms with van der Waals surface area (Å²) in [5, 5.41) is 12.4. The number of anilines is 1. The molecule has 2 saturated heterocycles. The summed E-state index contributed by atoms with van der Waals surface area (Å²) in [7, 11) is 0. The molecule has 2 aromatic heterocycles. The molecule has 0 amide bonds. The molecule has 0 aromatic carbocycles. The molecule has 1 spiro atoms. The summed E-state index contributed by atoms with van der Waals surface area (Å²) in [6, 6.07) is 5.65. The van der Waals surface area contributed by atoms with E-state index in [0.29, 0.717) is 37.6 Å². The van der Waals surface area contributed by atoms with Crippen molar-refractivity contribution in [3.8, 4) is 17.7 Å². The van der Waals surface area contributed by atoms with Crippen LogP contribution in [0.5, 0.6) is 5.88 Å². The Morgan fingerprint density at radius 3 is 2.88 bits per heavy atom. The average Bonchev–Trinajstić information content (AvgIpc) is 2.61. The molecule has 134 valence electrons. The second-order valence-electron chi connectivity index (χ2n) is 6.71. The second kappa shape index (κ2) is 6.60. The zero-order valence-electron chi connectivity index (χ0n) is 14.9. The van der Waals surface area contributed by atoms with Gasteiger partial charge in [0.25, 0.3) is 0 Å². The number of aromatic nitrogens is 2. The predicted molar refractivity (Wildman–Crippen MR) is 94.9 cm³/mol. The highest BCUT2D eigenvalue weighted by Gasteiger charge is 2.49. The number of hydrogen-bond donors (Lipinski definition) is 0. The third-order valence-corrected chi connectivity index (χ3v) is 5.13. The molecule has 0 saturated carbocycles. The summed E-state index contributed by atoms with van der Waals surface area (Å²) in [6.07, 6.45) is 3.27. The fraction of sp³-hybridized carbons (Fsp3) is 0.400. The van der Waals surface area contributed by atoms with E-state index in [9.17, 15) is 5.11 Å². The predicted octanol–water partition coefficient (Wildman–Crippen LogP) is 1.25. The van der Waals surface area contributed by atoms with Gasteiger partial charge in [-0.05, 0) is 32.0 Å². The van der Waals surface area contributed by atoms with Crippen LogP contribution in [0.2, 0.25) is 0 Å². The van der Waals surface area contributed by atoms with Gasteiger partial charge in [0.05, 0.1) is 31.6 Å². The van der Waals surface area contributed by atoms with Gasteiger partial charge in [0, 0.05) is 41.6 Å². The van der Waals surface area contributed by atoms with Crippen LogP contribution < -0.4 is 10.0 Å². The lowest BCUT2D eigenvalue weighted by Crippen LogP contribution is -2.68. The molecule has 0 aliphatic carbocycles. The smallest absolute Gasteiger partial charge is 0.134 e. The van der Waals surface area contributed by atoms with Crippen LogP contribution in [0.4, 0.5) is 5.69 Å². The van der Waals surface area contributed by atoms with E-state index >= 15 is 0 Å². The summed E-state index contributed by atoms with van der Waals surface area (Å²) in [6.45, 7) is 6.33. The van der Waals surface area contributed by atoms with Gasteiger partial charge in [-0.25, -0.2) is 0 Å². The SMILES string of the molecule is Cc1ncccc1C#Cc1cnc([O-])c(N2CCOC3(COC3)[C@@H]2C)c1. The van der Waals surface area contributed by atoms with Gasteiger partial charge in [0.1, 0.15) is 5.60 Å². The lowest BCUT2D eigenvalue weighted by molar-refractivity contribution is -0.274. The molecule has 2 aliphatic rings. The number of ether oxygens (including phenoxy) is 2. The minimum absolute atomic E-state index is 0.0447. The summed E-state index contributed by atoms with van der Waals surface area (Å²) in [5.74, 6) is 5.97. The number of nitrogens with zero attached hydrogens (tertiary/aromatic N) is 3. The Morgan fingerprint density at radius 1 is 1.31 bits per heavy atom. The Balaban J connectivity index is 1.64. The summed E-state index contributed by atoms with van der Waals surface area (Å²) in [4.78, 5) is 10.3. The van der Waals surface area contributed by atoms with Crippen molar-refractivity contribution < 1.29 is 14.6 Å². The van der Waals surface area contributed by atoms with Crippen LogP contribution in [0, 0.1) is 18.8 Å². The molecule has 4 heterocycles. The Kier molecular flexibility index (Phi) is 4.27. The van der Waals surface area contributed by atoms with Gasteiger partial charge < -0.3 is 19.5 Å². The molecule has 0 radical (unpaired) electrons. The first-order valence-corrected chi connectivity index (χ1v) is 8.68. The Bertz CT molecular complexity index is 883. The van der Waals surface area contributed by atoms with Crippen LogP contribution >= 0.6 is 0 Å². The van der Waals surface area contributed by atoms with Crippen molar-refractivity contribution in [1.29, 1.82) is 0 Å². The van der Waals surface area contributed by atoms with Gasteiger partial charge in [-0.15, -0.1) is 0 Å². The molecule has 0 bridgehead atoms. The molecule has 6 nitrogen and oxygen atoms in total. The van der Waals surface area contributed by atoms with Crippen molar-refractivity contribution in [1.82, 2.24) is 9.97 Å². The minimum Gasteiger partial charge on any atom is -0.857 e. The van der Waals surface area contributed by atoms with Gasteiger partial charge in [0.15, 0.2) is 0 Å². The third kappa shape index (κ3) is 2.90. The highest BCUT2D eigenvalue weighted by Crippen LogP contribution is 2.37. The summed E-state index contributed by atoms with van der Waals surface area (Å²) < 4.78 is 11.3. The monoisotopic (exact) mass is 350 g/mol. The van der Waals surface area contributed by atoms with Crippen molar-refractivity contribution in [3.05, 3.63) is 47.4 Å². The molecular formula is C20H20N3O3-. The molecule has 2 aromatic rings. The van der Waals surface area contributed by atoms with Crippen LogP contribution in [0.25, 0.3) is 0 Å². The van der Waals surface area contributed by atoms with Crippen molar-refractivity contribution in [2.75, 3.05) is 31.3 Å². The van der Waals surface area contributed by atoms with Gasteiger partial charge in [-0.1, -0.05) is 11.8 Å². The van der Waals surface area contributed by atoms with E-state index in [-0.39, 0.29) is 17.5 Å². The normalized spacial score (nSPS) is 21.0. The first-order chi connectivity index (χ1) is 12.6. The Labute approximate surface area is 152 Å². The zero-order valence-corrected chi connectivity index (χ0v) is 14.9. The van der Waals surface area contributed by atoms with Gasteiger partial charge >= 0.3 is 0 Å². The Hall–Kier alpha value is -2.62. The van der Waals surface area contributed by atoms with Crippen LogP contribution in [0.15, 0.2) is 30.6 Å². The second-order valence-corrected chi connectivity index (χ2v) is 6.71. The van der Waals surface area contributed by atoms with E-state index in [4.69, 9.17) is 9.47 Å². The van der Waals surface area contributed by atoms with Crippen molar-refractivity contribution in [2.45, 2.75) is 25.5 Å². The minimum atomic E-state index is -0.320. The van der Waals surface area contributed by atoms with Crippen molar-refractivity contribution in [2.24, 2.45) is 0 Å². The van der Waals surface area contributed by atoms with E-state index in [0.717, 1.165) is 11.3 Å². The maximum absolute atomic E-state index is 12.4. The van der Waals surface area contributed by atoms with Crippen LogP contribution in [-0.4, -0.2) is 48.0 Å². The molecule has 6 heteroatoms. The molecule has 26 heavy (non-hydrogen) atoms. The van der Waals surface area contributed by atoms with Crippen molar-refractivity contribution >= 4 is 5.69 Å². The average molecular weight is 350 g/mol. The fourth-order valence-electron chi connectivity index (χ4n) is 3.37. The standard InChI is InChI=1S/C20H21N3O3/c1-14-17(4-3-7-21-14)6-5-16-10-18(19(24)22-11-16)23-8-9-26-20(15(23)2)12-25-13-20/h3-4,7,10-11,15H,8-9,12-13H2,1-2H3,(H,22,24)/p-1/t15-/m0/s1. The van der Waals surface area contributed by atoms with E-state index in [1.54, 1.807) is 6.20 Å². The van der Waals surface area contributed by atoms with Crippen LogP contribution in [0.1, 0.15) is 23.7 Å². The topological polar surface area (TPSA) is 70.5 Å². The van der Waals surface area contributed by atoms with Gasteiger partial charge in [-0.2, -0.15) is 0 Å². The van der Waals surface area contributed by atoms with E-state index in [1.165, 1.54) is 6.20 Å². The number of aryl methyl sites for hydroxylation is 1. The van der Waals surface area contributed by atoms with Crippen LogP contribution in [0.3, 0.4) is 0 Å². The van der Waals surface area contributed by atoms with E-state index < -0.39 is 0 Å². The van der Waals surface area contributed by atoms with E-state index in [1.807, 2.05) is 25.1 Å². The molecule has 0 N–H and O–H groups in total. The molecular weight excluding hydrogens is 330 g/mol. The lowest BCUT2D eigenvalue weighted by Gasteiger charge is -2.53. The molecule has 1 atom stereocenters. The first kappa shape index (κ1) is 16.8. The summed E-state index contributed by atoms with van der Waals surface area (Å²) >= 11 is 0. The van der Waals surface area contributed by atoms with Crippen LogP contribution in [-0.2, 0) is 9.47 Å². The Morgan fingerprint density at radius 2 is 2.15 bits per heavy atom. The van der Waals surface area contributed by atoms with Gasteiger partial charge in [0.2, 0.25) is 0 Å². The third-order valence-electron chi connectivity index (χ3n) is 5.13. The molecule has 0 unspecified atom stereocenters. The number of hydrogen-bond acceptors (Lipinski definition) is 6. The number of rotatable bonds is 1. The fourth-order valence-corrected chi connectivity index (χ4v) is 3.37. The molecule has 2 aliphatic heterocycles. The number of pyridine rings is 2. The summed E-state index contributed by atoms with van der Waals surface area (Å²) in [5.41, 5.74) is 2.70. The number of morpholine rings is 1. The van der Waals surface area contributed by atoms with E-state index in [2.05, 4.69) is 33.6 Å². The maximum Gasteiger partial charge on any atom is 0.134 e. The largest absolute Gasteiger partial charge is 0.857 e. The zero-order chi connectivity index (χ0) is 18.1. The highest BCUT2D eigenvalue weighted by molar-refractivity contribution is 5.59. The maximum atomic E-state index is 12.4. The van der Waals surface area contributed by atoms with Gasteiger partial charge in [-0.3, -0.25) is 9.97 Å². The lowest BCUT2D eigenvalue weighted by atomic mass is 9.90. The first-order valence-electron chi connectivity index (χ1n) is 8.68. The quantitative estimate of drug-likeness (QED) is 0.721. The molecule has 2 fully saturated rings. The molecule has 4 rings (SSSR count). The van der Waals surface area contributed by atoms with Crippen molar-refractivity contribution in [3.63, 3.8) is 0 Å². The highest BCUT2D eigenvalue weighted by atomic mass is 16.6.